The average Bonchev–Trinajstić information content (AvgIpc) is 2.27. The van der Waals surface area contributed by atoms with E-state index >= 15 is 0 Å². The number of nitrogens with one attached hydrogen (secondary N) is 1. The van der Waals surface area contributed by atoms with Gasteiger partial charge >= 0.3 is 5.97 Å². The van der Waals surface area contributed by atoms with E-state index in [9.17, 15) is 9.59 Å². The smallest absolute Gasteiger partial charge is 0.305 e. The third-order valence-corrected chi connectivity index (χ3v) is 3.66. The third-order valence-electron chi connectivity index (χ3n) is 3.66. The summed E-state index contributed by atoms with van der Waals surface area (Å²) < 4.78 is 0. The van der Waals surface area contributed by atoms with Crippen molar-refractivity contribution in [2.45, 2.75) is 58.5 Å². The van der Waals surface area contributed by atoms with Crippen LogP contribution >= 0.6 is 0 Å². The predicted molar refractivity (Wildman–Crippen MR) is 73.9 cm³/mol. The van der Waals surface area contributed by atoms with Gasteiger partial charge in [-0.3, -0.25) is 9.59 Å². The summed E-state index contributed by atoms with van der Waals surface area (Å²) in [6, 6.07) is -0.179. The zero-order valence-electron chi connectivity index (χ0n) is 12.4. The highest BCUT2D eigenvalue weighted by Gasteiger charge is 2.35. The quantitative estimate of drug-likeness (QED) is 0.812. The van der Waals surface area contributed by atoms with Crippen LogP contribution in [0.1, 0.15) is 47.0 Å². The summed E-state index contributed by atoms with van der Waals surface area (Å²) >= 11 is 0. The normalized spacial score (nSPS) is 24.0. The van der Waals surface area contributed by atoms with Gasteiger partial charge in [0.1, 0.15) is 0 Å². The van der Waals surface area contributed by atoms with Crippen molar-refractivity contribution in [3.63, 3.8) is 0 Å². The molecule has 1 amide bonds. The Bertz CT molecular complexity index is 336. The van der Waals surface area contributed by atoms with Crippen LogP contribution in [0.4, 0.5) is 0 Å². The molecule has 1 rings (SSSR count). The van der Waals surface area contributed by atoms with E-state index < -0.39 is 5.97 Å². The van der Waals surface area contributed by atoms with Crippen molar-refractivity contribution in [3.05, 3.63) is 0 Å². The predicted octanol–water partition coefficient (Wildman–Crippen LogP) is 1.48. The summed E-state index contributed by atoms with van der Waals surface area (Å²) in [7, 11) is 0. The number of carboxylic acid groups (broad SMARTS) is 1. The molecular weight excluding hydrogens is 244 g/mol. The lowest BCUT2D eigenvalue weighted by molar-refractivity contribution is -0.143. The van der Waals surface area contributed by atoms with Gasteiger partial charge in [0.2, 0.25) is 5.91 Å². The Morgan fingerprint density at radius 2 is 2.00 bits per heavy atom. The molecule has 1 saturated heterocycles. The van der Waals surface area contributed by atoms with Crippen LogP contribution in [-0.2, 0) is 9.59 Å². The molecule has 5 nitrogen and oxygen atoms in total. The molecule has 0 aromatic carbocycles. The number of nitrogens with zero attached hydrogens (tertiary/aromatic N) is 1. The minimum absolute atomic E-state index is 0.00981. The molecule has 1 aliphatic rings. The zero-order valence-corrected chi connectivity index (χ0v) is 12.4. The number of rotatable bonds is 4. The maximum Gasteiger partial charge on any atom is 0.305 e. The van der Waals surface area contributed by atoms with E-state index in [1.807, 2.05) is 20.8 Å². The Balaban J connectivity index is 2.78. The molecule has 0 bridgehead atoms. The van der Waals surface area contributed by atoms with Gasteiger partial charge in [-0.1, -0.05) is 6.92 Å². The lowest BCUT2D eigenvalue weighted by atomic mass is 9.90. The summed E-state index contributed by atoms with van der Waals surface area (Å²) in [5, 5.41) is 12.1. The Kier molecular flexibility index (Phi) is 5.35. The minimum atomic E-state index is -0.869. The molecule has 0 spiro atoms. The maximum atomic E-state index is 12.6. The number of hydrogen-bond donors (Lipinski definition) is 2. The molecular formula is C14H26N2O3. The third kappa shape index (κ3) is 4.49. The molecule has 2 N–H and O–H groups in total. The highest BCUT2D eigenvalue weighted by Crippen LogP contribution is 2.22. The van der Waals surface area contributed by atoms with Crippen molar-refractivity contribution in [1.82, 2.24) is 10.2 Å². The molecule has 0 aliphatic carbocycles. The number of carboxylic acids is 1. The number of carbonyl (C=O) groups excluding carboxylic acids is 1. The van der Waals surface area contributed by atoms with Gasteiger partial charge in [0.15, 0.2) is 0 Å². The van der Waals surface area contributed by atoms with Crippen molar-refractivity contribution in [2.24, 2.45) is 5.92 Å². The number of aliphatic carboxylic acids is 1. The van der Waals surface area contributed by atoms with Crippen molar-refractivity contribution in [3.8, 4) is 0 Å². The van der Waals surface area contributed by atoms with E-state index in [1.165, 1.54) is 0 Å². The molecule has 1 fully saturated rings. The van der Waals surface area contributed by atoms with Crippen LogP contribution in [0.3, 0.4) is 0 Å². The average molecular weight is 270 g/mol. The number of hydrogen-bond acceptors (Lipinski definition) is 3. The molecule has 5 heteroatoms. The minimum Gasteiger partial charge on any atom is -0.481 e. The van der Waals surface area contributed by atoms with E-state index in [2.05, 4.69) is 12.2 Å². The molecule has 2 unspecified atom stereocenters. The van der Waals surface area contributed by atoms with Gasteiger partial charge in [-0.05, 0) is 46.1 Å². The highest BCUT2D eigenvalue weighted by molar-refractivity contribution is 5.83. The summed E-state index contributed by atoms with van der Waals surface area (Å²) in [6.07, 6.45) is 2.13. The molecule has 19 heavy (non-hydrogen) atoms. The molecule has 2 atom stereocenters. The van der Waals surface area contributed by atoms with E-state index in [0.29, 0.717) is 5.92 Å². The second-order valence-electron chi connectivity index (χ2n) is 6.36. The Hall–Kier alpha value is -1.10. The maximum absolute atomic E-state index is 12.6. The van der Waals surface area contributed by atoms with E-state index in [0.717, 1.165) is 19.4 Å². The number of carbonyl (C=O) groups is 2. The van der Waals surface area contributed by atoms with Gasteiger partial charge in [0.05, 0.1) is 12.5 Å². The van der Waals surface area contributed by atoms with Crippen LogP contribution < -0.4 is 5.32 Å². The van der Waals surface area contributed by atoms with Crippen molar-refractivity contribution in [1.29, 1.82) is 0 Å². The van der Waals surface area contributed by atoms with Gasteiger partial charge in [0.25, 0.3) is 0 Å². The first-order valence-electron chi connectivity index (χ1n) is 7.00. The molecule has 0 saturated carbocycles. The van der Waals surface area contributed by atoms with Crippen LogP contribution in [-0.4, -0.2) is 46.6 Å². The van der Waals surface area contributed by atoms with Crippen LogP contribution in [0.25, 0.3) is 0 Å². The van der Waals surface area contributed by atoms with Gasteiger partial charge < -0.3 is 15.3 Å². The van der Waals surface area contributed by atoms with E-state index in [4.69, 9.17) is 5.11 Å². The first kappa shape index (κ1) is 16.0. The van der Waals surface area contributed by atoms with E-state index in [-0.39, 0.29) is 30.5 Å². The molecule has 0 aromatic heterocycles. The van der Waals surface area contributed by atoms with Crippen LogP contribution in [0, 0.1) is 5.92 Å². The van der Waals surface area contributed by atoms with Gasteiger partial charge in [-0.2, -0.15) is 0 Å². The summed E-state index contributed by atoms with van der Waals surface area (Å²) in [6.45, 7) is 9.04. The largest absolute Gasteiger partial charge is 0.481 e. The first-order valence-corrected chi connectivity index (χ1v) is 7.00. The molecule has 110 valence electrons. The van der Waals surface area contributed by atoms with Gasteiger partial charge in [0, 0.05) is 12.1 Å². The fraction of sp³-hybridized carbons (Fsp3) is 0.857. The monoisotopic (exact) mass is 270 g/mol. The second kappa shape index (κ2) is 6.37. The van der Waals surface area contributed by atoms with Gasteiger partial charge in [-0.25, -0.2) is 0 Å². The molecule has 1 aliphatic heterocycles. The van der Waals surface area contributed by atoms with E-state index in [1.54, 1.807) is 4.90 Å². The Labute approximate surface area is 115 Å². The molecule has 1 heterocycles. The highest BCUT2D eigenvalue weighted by atomic mass is 16.4. The topological polar surface area (TPSA) is 69.6 Å². The number of amides is 1. The summed E-state index contributed by atoms with van der Waals surface area (Å²) in [5.41, 5.74) is -0.356. The standard InChI is InChI=1S/C14H26N2O3/c1-10-6-5-8-15-12(10)13(19)16(14(2,3)4)9-7-11(17)18/h10,12,15H,5-9H2,1-4H3,(H,17,18). The molecule has 0 aromatic rings. The van der Waals surface area contributed by atoms with Gasteiger partial charge in [-0.15, -0.1) is 0 Å². The van der Waals surface area contributed by atoms with Crippen LogP contribution in [0.2, 0.25) is 0 Å². The lowest BCUT2D eigenvalue weighted by Gasteiger charge is -2.40. The zero-order chi connectivity index (χ0) is 14.6. The second-order valence-corrected chi connectivity index (χ2v) is 6.36. The number of piperidine rings is 1. The molecule has 0 radical (unpaired) electrons. The van der Waals surface area contributed by atoms with Crippen molar-refractivity contribution >= 4 is 11.9 Å². The van der Waals surface area contributed by atoms with Crippen molar-refractivity contribution < 1.29 is 14.7 Å². The van der Waals surface area contributed by atoms with Crippen LogP contribution in [0.5, 0.6) is 0 Å². The summed E-state index contributed by atoms with van der Waals surface area (Å²) in [4.78, 5) is 25.1. The Morgan fingerprint density at radius 1 is 1.37 bits per heavy atom. The lowest BCUT2D eigenvalue weighted by Crippen LogP contribution is -2.57. The van der Waals surface area contributed by atoms with Crippen LogP contribution in [0.15, 0.2) is 0 Å². The Morgan fingerprint density at radius 3 is 2.47 bits per heavy atom. The fourth-order valence-electron chi connectivity index (χ4n) is 2.53. The fourth-order valence-corrected chi connectivity index (χ4v) is 2.53. The first-order chi connectivity index (χ1) is 8.73. The SMILES string of the molecule is CC1CCCNC1C(=O)N(CCC(=O)O)C(C)(C)C. The summed E-state index contributed by atoms with van der Waals surface area (Å²) in [5.74, 6) is -0.538. The van der Waals surface area contributed by atoms with Crippen molar-refractivity contribution in [2.75, 3.05) is 13.1 Å².